The van der Waals surface area contributed by atoms with Crippen LogP contribution in [0.3, 0.4) is 0 Å². The van der Waals surface area contributed by atoms with Crippen molar-refractivity contribution in [1.29, 1.82) is 0 Å². The number of aryl methyl sites for hydroxylation is 1. The molecule has 5 rings (SSSR count). The fourth-order valence-corrected chi connectivity index (χ4v) is 4.54. The summed E-state index contributed by atoms with van der Waals surface area (Å²) in [6.45, 7) is 2.05. The average molecular weight is 463 g/mol. The van der Waals surface area contributed by atoms with Crippen molar-refractivity contribution in [3.63, 3.8) is 0 Å². The maximum absolute atomic E-state index is 10.2. The number of halogens is 1. The Morgan fingerprint density at radius 1 is 0.767 bits per heavy atom. The molecule has 6 heteroatoms. The second kappa shape index (κ2) is 6.85. The number of phenols is 3. The van der Waals surface area contributed by atoms with Crippen molar-refractivity contribution in [2.45, 2.75) is 12.8 Å². The van der Waals surface area contributed by atoms with E-state index in [9.17, 15) is 15.3 Å². The highest BCUT2D eigenvalue weighted by Crippen LogP contribution is 2.44. The lowest BCUT2D eigenvalue weighted by atomic mass is 9.84. The van der Waals surface area contributed by atoms with Gasteiger partial charge >= 0.3 is 0 Å². The van der Waals surface area contributed by atoms with Crippen LogP contribution in [0, 0.1) is 6.92 Å². The smallest absolute Gasteiger partial charge is 0.200 e. The Balaban J connectivity index is 1.81. The number of phenolic OH excluding ortho intramolecular Hbond substituents is 3. The molecular formula is C24H19BrN2O3. The highest BCUT2D eigenvalue weighted by atomic mass is 79.9. The van der Waals surface area contributed by atoms with Crippen molar-refractivity contribution >= 4 is 37.7 Å². The van der Waals surface area contributed by atoms with Crippen molar-refractivity contribution in [1.82, 2.24) is 9.97 Å². The van der Waals surface area contributed by atoms with Gasteiger partial charge < -0.3 is 25.3 Å². The van der Waals surface area contributed by atoms with E-state index in [1.807, 2.05) is 37.5 Å². The zero-order chi connectivity index (χ0) is 21.0. The number of rotatable bonds is 3. The second-order valence-corrected chi connectivity index (χ2v) is 8.48. The maximum atomic E-state index is 10.2. The van der Waals surface area contributed by atoms with E-state index in [2.05, 4.69) is 44.1 Å². The quantitative estimate of drug-likeness (QED) is 0.212. The molecule has 0 saturated carbocycles. The van der Waals surface area contributed by atoms with Crippen LogP contribution in [0.5, 0.6) is 17.2 Å². The van der Waals surface area contributed by atoms with Crippen molar-refractivity contribution in [2.75, 3.05) is 0 Å². The van der Waals surface area contributed by atoms with Gasteiger partial charge in [0.2, 0.25) is 0 Å². The molecular weight excluding hydrogens is 444 g/mol. The van der Waals surface area contributed by atoms with E-state index in [0.29, 0.717) is 5.56 Å². The van der Waals surface area contributed by atoms with E-state index in [-0.39, 0.29) is 17.4 Å². The van der Waals surface area contributed by atoms with Crippen LogP contribution in [0.4, 0.5) is 0 Å². The molecule has 0 aliphatic carbocycles. The summed E-state index contributed by atoms with van der Waals surface area (Å²) in [6, 6.07) is 15.3. The highest BCUT2D eigenvalue weighted by molar-refractivity contribution is 9.10. The average Bonchev–Trinajstić information content (AvgIpc) is 3.30. The standard InChI is InChI=1S/C24H19BrN2O3/c1-12-2-4-15-17(10-26-19(15)6-12)23(13-7-21(28)24(30)22(29)8-13)18-11-27-20-9-14(25)3-5-16(18)20/h2-11,23,26-30H,1H3. The third-order valence-electron chi connectivity index (χ3n) is 5.59. The number of aromatic amines is 2. The number of hydrogen-bond donors (Lipinski definition) is 5. The summed E-state index contributed by atoms with van der Waals surface area (Å²) in [6.07, 6.45) is 3.92. The first-order valence-corrected chi connectivity index (χ1v) is 10.3. The van der Waals surface area contributed by atoms with Gasteiger partial charge in [-0.1, -0.05) is 34.1 Å². The molecule has 150 valence electrons. The van der Waals surface area contributed by atoms with Gasteiger partial charge in [0.15, 0.2) is 17.2 Å². The summed E-state index contributed by atoms with van der Waals surface area (Å²) in [5.74, 6) is -1.51. The van der Waals surface area contributed by atoms with E-state index in [4.69, 9.17) is 0 Å². The Morgan fingerprint density at radius 3 is 1.97 bits per heavy atom. The van der Waals surface area contributed by atoms with Crippen LogP contribution in [0.1, 0.15) is 28.2 Å². The molecule has 0 aliphatic heterocycles. The van der Waals surface area contributed by atoms with Crippen LogP contribution in [0.15, 0.2) is 65.4 Å². The van der Waals surface area contributed by atoms with Gasteiger partial charge in [0.05, 0.1) is 0 Å². The van der Waals surface area contributed by atoms with E-state index >= 15 is 0 Å². The number of fused-ring (bicyclic) bond motifs is 2. The summed E-state index contributed by atoms with van der Waals surface area (Å²) in [5.41, 5.74) is 5.84. The molecule has 3 aromatic carbocycles. The topological polar surface area (TPSA) is 92.3 Å². The summed E-state index contributed by atoms with van der Waals surface area (Å²) < 4.78 is 0.974. The number of aromatic nitrogens is 2. The second-order valence-electron chi connectivity index (χ2n) is 7.57. The molecule has 0 saturated heterocycles. The Morgan fingerprint density at radius 2 is 1.33 bits per heavy atom. The van der Waals surface area contributed by atoms with Gasteiger partial charge in [-0.2, -0.15) is 0 Å². The van der Waals surface area contributed by atoms with Crippen molar-refractivity contribution in [2.24, 2.45) is 0 Å². The van der Waals surface area contributed by atoms with Gasteiger partial charge in [-0.3, -0.25) is 0 Å². The highest BCUT2D eigenvalue weighted by Gasteiger charge is 2.25. The fraction of sp³-hybridized carbons (Fsp3) is 0.0833. The summed E-state index contributed by atoms with van der Waals surface area (Å²) in [4.78, 5) is 6.67. The molecule has 0 aliphatic rings. The number of hydrogen-bond acceptors (Lipinski definition) is 3. The number of benzene rings is 3. The lowest BCUT2D eigenvalue weighted by Crippen LogP contribution is -2.02. The van der Waals surface area contributed by atoms with Gasteiger partial charge in [0.25, 0.3) is 0 Å². The zero-order valence-electron chi connectivity index (χ0n) is 16.1. The number of H-pyrrole nitrogens is 2. The third kappa shape index (κ3) is 2.92. The predicted molar refractivity (Wildman–Crippen MR) is 121 cm³/mol. The van der Waals surface area contributed by atoms with Gasteiger partial charge in [0, 0.05) is 44.6 Å². The first-order chi connectivity index (χ1) is 14.4. The van der Waals surface area contributed by atoms with E-state index in [1.165, 1.54) is 12.1 Å². The first kappa shape index (κ1) is 18.6. The number of aromatic hydroxyl groups is 3. The van der Waals surface area contributed by atoms with Crippen LogP contribution in [-0.4, -0.2) is 25.3 Å². The van der Waals surface area contributed by atoms with Crippen LogP contribution in [-0.2, 0) is 0 Å². The van der Waals surface area contributed by atoms with Crippen molar-refractivity contribution in [3.05, 3.63) is 87.7 Å². The van der Waals surface area contributed by atoms with Gasteiger partial charge in [0.1, 0.15) is 0 Å². The molecule has 5 N–H and O–H groups in total. The minimum absolute atomic E-state index is 0.284. The maximum Gasteiger partial charge on any atom is 0.200 e. The molecule has 1 atom stereocenters. The molecule has 5 aromatic rings. The largest absolute Gasteiger partial charge is 0.504 e. The van der Waals surface area contributed by atoms with Gasteiger partial charge in [-0.05, 0) is 59.5 Å². The molecule has 0 amide bonds. The van der Waals surface area contributed by atoms with Crippen LogP contribution in [0.2, 0.25) is 0 Å². The fourth-order valence-electron chi connectivity index (χ4n) is 4.18. The van der Waals surface area contributed by atoms with Crippen molar-refractivity contribution < 1.29 is 15.3 Å². The molecule has 0 bridgehead atoms. The van der Waals surface area contributed by atoms with E-state index < -0.39 is 5.75 Å². The Kier molecular flexibility index (Phi) is 4.25. The monoisotopic (exact) mass is 462 g/mol. The molecule has 2 heterocycles. The Hall–Kier alpha value is -3.38. The lowest BCUT2D eigenvalue weighted by molar-refractivity contribution is 0.367. The Bertz CT molecular complexity index is 1310. The first-order valence-electron chi connectivity index (χ1n) is 9.51. The normalized spacial score (nSPS) is 12.6. The molecule has 2 aromatic heterocycles. The molecule has 0 radical (unpaired) electrons. The summed E-state index contributed by atoms with van der Waals surface area (Å²) >= 11 is 3.51. The molecule has 0 spiro atoms. The van der Waals surface area contributed by atoms with Crippen LogP contribution >= 0.6 is 15.9 Å². The molecule has 1 unspecified atom stereocenters. The van der Waals surface area contributed by atoms with Crippen LogP contribution in [0.25, 0.3) is 21.8 Å². The molecule has 0 fully saturated rings. The van der Waals surface area contributed by atoms with E-state index in [0.717, 1.165) is 43.0 Å². The third-order valence-corrected chi connectivity index (χ3v) is 6.09. The summed E-state index contributed by atoms with van der Waals surface area (Å²) in [7, 11) is 0. The SMILES string of the molecule is Cc1ccc2c(C(c3cc(O)c(O)c(O)c3)c3c[nH]c4cc(Br)ccc34)c[nH]c2c1. The van der Waals surface area contributed by atoms with Gasteiger partial charge in [-0.25, -0.2) is 0 Å². The minimum atomic E-state index is -0.519. The molecule has 30 heavy (non-hydrogen) atoms. The minimum Gasteiger partial charge on any atom is -0.504 e. The molecule has 5 nitrogen and oxygen atoms in total. The summed E-state index contributed by atoms with van der Waals surface area (Å²) in [5, 5.41) is 32.3. The zero-order valence-corrected chi connectivity index (χ0v) is 17.7. The van der Waals surface area contributed by atoms with E-state index in [1.54, 1.807) is 0 Å². The van der Waals surface area contributed by atoms with Gasteiger partial charge in [-0.15, -0.1) is 0 Å². The van der Waals surface area contributed by atoms with Crippen molar-refractivity contribution in [3.8, 4) is 17.2 Å². The van der Waals surface area contributed by atoms with Crippen LogP contribution < -0.4 is 0 Å². The predicted octanol–water partition coefficient (Wildman–Crippen LogP) is 6.02. The Labute approximate surface area is 180 Å². The lowest BCUT2D eigenvalue weighted by Gasteiger charge is -2.18. The number of nitrogens with one attached hydrogen (secondary N) is 2.